The highest BCUT2D eigenvalue weighted by molar-refractivity contribution is 9.10. The first kappa shape index (κ1) is 23.3. The van der Waals surface area contributed by atoms with Crippen LogP contribution >= 0.6 is 15.9 Å². The van der Waals surface area contributed by atoms with Gasteiger partial charge < -0.3 is 14.6 Å². The molecule has 0 bridgehead atoms. The van der Waals surface area contributed by atoms with E-state index in [-0.39, 0.29) is 11.8 Å². The molecule has 0 spiro atoms. The SMILES string of the molecule is O=C(Nc1ccccc1Oc1ccccc1)C1CCCN(Cc2nc(-c3ccc(Br)cc3)no2)C1. The molecule has 7 nitrogen and oxygen atoms in total. The summed E-state index contributed by atoms with van der Waals surface area (Å²) in [6, 6.07) is 24.8. The van der Waals surface area contributed by atoms with Gasteiger partial charge in [-0.2, -0.15) is 4.98 Å². The fourth-order valence-corrected chi connectivity index (χ4v) is 4.41. The number of benzene rings is 3. The lowest BCUT2D eigenvalue weighted by atomic mass is 9.97. The van der Waals surface area contributed by atoms with Crippen LogP contribution in [0.15, 0.2) is 87.9 Å². The first-order chi connectivity index (χ1) is 17.1. The smallest absolute Gasteiger partial charge is 0.241 e. The Labute approximate surface area is 212 Å². The molecule has 1 amide bonds. The summed E-state index contributed by atoms with van der Waals surface area (Å²) in [6.45, 7) is 2.03. The summed E-state index contributed by atoms with van der Waals surface area (Å²) in [7, 11) is 0. The lowest BCUT2D eigenvalue weighted by Gasteiger charge is -2.31. The second kappa shape index (κ2) is 10.8. The molecule has 0 aliphatic carbocycles. The number of carbonyl (C=O) groups excluding carboxylic acids is 1. The van der Waals surface area contributed by atoms with Crippen molar-refractivity contribution in [3.8, 4) is 22.9 Å². The van der Waals surface area contributed by atoms with Gasteiger partial charge >= 0.3 is 0 Å². The maximum Gasteiger partial charge on any atom is 0.241 e. The van der Waals surface area contributed by atoms with Crippen LogP contribution in [-0.2, 0) is 11.3 Å². The number of para-hydroxylation sites is 3. The fraction of sp³-hybridized carbons (Fsp3) is 0.222. The number of hydrogen-bond acceptors (Lipinski definition) is 6. The predicted molar refractivity (Wildman–Crippen MR) is 137 cm³/mol. The minimum Gasteiger partial charge on any atom is -0.455 e. The molecule has 4 aromatic rings. The van der Waals surface area contributed by atoms with Crippen molar-refractivity contribution in [3.05, 3.63) is 89.2 Å². The van der Waals surface area contributed by atoms with Crippen LogP contribution in [0.5, 0.6) is 11.5 Å². The number of nitrogens with one attached hydrogen (secondary N) is 1. The van der Waals surface area contributed by atoms with Crippen LogP contribution in [0.25, 0.3) is 11.4 Å². The highest BCUT2D eigenvalue weighted by atomic mass is 79.9. The molecule has 8 heteroatoms. The molecule has 1 fully saturated rings. The molecule has 35 heavy (non-hydrogen) atoms. The number of nitrogens with zero attached hydrogens (tertiary/aromatic N) is 3. The van der Waals surface area contributed by atoms with E-state index < -0.39 is 0 Å². The van der Waals surface area contributed by atoms with Gasteiger partial charge in [-0.1, -0.05) is 51.4 Å². The summed E-state index contributed by atoms with van der Waals surface area (Å²) in [5.74, 6) is 2.30. The van der Waals surface area contributed by atoms with E-state index in [0.717, 1.165) is 35.2 Å². The molecule has 0 radical (unpaired) electrons. The Kier molecular flexibility index (Phi) is 7.20. The van der Waals surface area contributed by atoms with E-state index in [1.165, 1.54) is 0 Å². The third kappa shape index (κ3) is 5.96. The molecule has 0 saturated carbocycles. The number of halogens is 1. The first-order valence-electron chi connectivity index (χ1n) is 11.6. The zero-order chi connectivity index (χ0) is 24.0. The highest BCUT2D eigenvalue weighted by Gasteiger charge is 2.27. The van der Waals surface area contributed by atoms with Gasteiger partial charge in [0.1, 0.15) is 5.75 Å². The van der Waals surface area contributed by atoms with E-state index in [1.54, 1.807) is 0 Å². The summed E-state index contributed by atoms with van der Waals surface area (Å²) in [6.07, 6.45) is 1.76. The van der Waals surface area contributed by atoms with Gasteiger partial charge in [0, 0.05) is 16.6 Å². The van der Waals surface area contributed by atoms with Crippen LogP contribution in [-0.4, -0.2) is 34.0 Å². The zero-order valence-corrected chi connectivity index (χ0v) is 20.6. The lowest BCUT2D eigenvalue weighted by molar-refractivity contribution is -0.121. The normalized spacial score (nSPS) is 16.1. The standard InChI is InChI=1S/C27H25BrN4O3/c28-21-14-12-19(13-15-21)26-30-25(35-31-26)18-32-16-6-7-20(17-32)27(33)29-23-10-4-5-11-24(23)34-22-8-2-1-3-9-22/h1-5,8-15,20H,6-7,16-18H2,(H,29,33). The van der Waals surface area contributed by atoms with Gasteiger partial charge in [-0.05, 0) is 67.9 Å². The third-order valence-electron chi connectivity index (χ3n) is 5.92. The number of amides is 1. The summed E-state index contributed by atoms with van der Waals surface area (Å²) in [4.78, 5) is 19.9. The zero-order valence-electron chi connectivity index (χ0n) is 19.1. The van der Waals surface area contributed by atoms with E-state index in [1.807, 2.05) is 78.9 Å². The van der Waals surface area contributed by atoms with Gasteiger partial charge in [0.15, 0.2) is 5.75 Å². The van der Waals surface area contributed by atoms with Crippen molar-refractivity contribution in [2.24, 2.45) is 5.92 Å². The minimum absolute atomic E-state index is 0.0140. The van der Waals surface area contributed by atoms with Crippen molar-refractivity contribution in [1.82, 2.24) is 15.0 Å². The molecule has 178 valence electrons. The number of piperidine rings is 1. The van der Waals surface area contributed by atoms with E-state index in [4.69, 9.17) is 9.26 Å². The molecule has 1 aliphatic rings. The summed E-state index contributed by atoms with van der Waals surface area (Å²) in [5.41, 5.74) is 1.56. The molecule has 2 heterocycles. The lowest BCUT2D eigenvalue weighted by Crippen LogP contribution is -2.40. The maximum absolute atomic E-state index is 13.1. The second-order valence-electron chi connectivity index (χ2n) is 8.49. The Morgan fingerprint density at radius 1 is 1.06 bits per heavy atom. The van der Waals surface area contributed by atoms with Crippen molar-refractivity contribution in [3.63, 3.8) is 0 Å². The maximum atomic E-state index is 13.1. The molecular weight excluding hydrogens is 508 g/mol. The number of likely N-dealkylation sites (tertiary alicyclic amines) is 1. The quantitative estimate of drug-likeness (QED) is 0.307. The van der Waals surface area contributed by atoms with Gasteiger partial charge in [-0.15, -0.1) is 0 Å². The minimum atomic E-state index is -0.137. The number of ether oxygens (including phenoxy) is 1. The number of hydrogen-bond donors (Lipinski definition) is 1. The molecule has 3 aromatic carbocycles. The van der Waals surface area contributed by atoms with Crippen molar-refractivity contribution in [2.75, 3.05) is 18.4 Å². The Morgan fingerprint density at radius 2 is 1.83 bits per heavy atom. The third-order valence-corrected chi connectivity index (χ3v) is 6.45. The summed E-state index contributed by atoms with van der Waals surface area (Å²) < 4.78 is 12.5. The Hall–Kier alpha value is -3.49. The highest BCUT2D eigenvalue weighted by Crippen LogP contribution is 2.30. The summed E-state index contributed by atoms with van der Waals surface area (Å²) >= 11 is 3.44. The van der Waals surface area contributed by atoms with Gasteiger partial charge in [-0.3, -0.25) is 9.69 Å². The molecule has 1 atom stereocenters. The van der Waals surface area contributed by atoms with Crippen molar-refractivity contribution in [1.29, 1.82) is 0 Å². The van der Waals surface area contributed by atoms with Crippen molar-refractivity contribution >= 4 is 27.5 Å². The van der Waals surface area contributed by atoms with E-state index in [0.29, 0.717) is 36.2 Å². The molecule has 1 N–H and O–H groups in total. The fourth-order valence-electron chi connectivity index (χ4n) is 4.15. The van der Waals surface area contributed by atoms with Gasteiger partial charge in [0.2, 0.25) is 17.6 Å². The Morgan fingerprint density at radius 3 is 2.66 bits per heavy atom. The second-order valence-corrected chi connectivity index (χ2v) is 9.41. The van der Waals surface area contributed by atoms with Gasteiger partial charge in [0.25, 0.3) is 0 Å². The van der Waals surface area contributed by atoms with E-state index >= 15 is 0 Å². The van der Waals surface area contributed by atoms with Crippen LogP contribution in [0.1, 0.15) is 18.7 Å². The molecule has 5 rings (SSSR count). The van der Waals surface area contributed by atoms with Crippen molar-refractivity contribution < 1.29 is 14.1 Å². The Balaban J connectivity index is 1.21. The van der Waals surface area contributed by atoms with E-state index in [9.17, 15) is 4.79 Å². The van der Waals surface area contributed by atoms with Crippen LogP contribution in [0.2, 0.25) is 0 Å². The molecule has 1 aromatic heterocycles. The topological polar surface area (TPSA) is 80.5 Å². The average molecular weight is 533 g/mol. The number of aromatic nitrogens is 2. The largest absolute Gasteiger partial charge is 0.455 e. The van der Waals surface area contributed by atoms with Gasteiger partial charge in [0.05, 0.1) is 18.2 Å². The van der Waals surface area contributed by atoms with Crippen LogP contribution in [0.4, 0.5) is 5.69 Å². The van der Waals surface area contributed by atoms with E-state index in [2.05, 4.69) is 36.3 Å². The number of anilines is 1. The monoisotopic (exact) mass is 532 g/mol. The number of carbonyl (C=O) groups is 1. The summed E-state index contributed by atoms with van der Waals surface area (Å²) in [5, 5.41) is 7.18. The molecular formula is C27H25BrN4O3. The van der Waals surface area contributed by atoms with Gasteiger partial charge in [-0.25, -0.2) is 0 Å². The number of rotatable bonds is 7. The van der Waals surface area contributed by atoms with Crippen LogP contribution in [0.3, 0.4) is 0 Å². The molecule has 1 saturated heterocycles. The molecule has 1 aliphatic heterocycles. The van der Waals surface area contributed by atoms with Crippen LogP contribution in [0, 0.1) is 5.92 Å². The average Bonchev–Trinajstić information content (AvgIpc) is 3.35. The first-order valence-corrected chi connectivity index (χ1v) is 12.4. The molecule has 1 unspecified atom stereocenters. The Bertz CT molecular complexity index is 1280. The van der Waals surface area contributed by atoms with Crippen molar-refractivity contribution in [2.45, 2.75) is 19.4 Å². The predicted octanol–water partition coefficient (Wildman–Crippen LogP) is 6.14. The van der Waals surface area contributed by atoms with Crippen LogP contribution < -0.4 is 10.1 Å².